The molecule has 1 heterocycles. The third-order valence-corrected chi connectivity index (χ3v) is 6.56. The van der Waals surface area contributed by atoms with Crippen LogP contribution in [0.4, 0.5) is 0 Å². The fourth-order valence-corrected chi connectivity index (χ4v) is 4.91. The van der Waals surface area contributed by atoms with Gasteiger partial charge in [0, 0.05) is 37.0 Å². The summed E-state index contributed by atoms with van der Waals surface area (Å²) in [7, 11) is -3.55. The van der Waals surface area contributed by atoms with Crippen molar-refractivity contribution in [3.05, 3.63) is 45.4 Å². The highest BCUT2D eigenvalue weighted by atomic mass is 32.2. The van der Waals surface area contributed by atoms with E-state index < -0.39 is 10.0 Å². The van der Waals surface area contributed by atoms with E-state index in [1.54, 1.807) is 29.7 Å². The average molecular weight is 380 g/mol. The summed E-state index contributed by atoms with van der Waals surface area (Å²) in [6.07, 6.45) is 3.77. The Morgan fingerprint density at radius 3 is 2.76 bits per heavy atom. The maximum Gasteiger partial charge on any atom is 0.240 e. The zero-order valence-corrected chi connectivity index (χ0v) is 15.8. The molecule has 1 amide bonds. The van der Waals surface area contributed by atoms with Crippen LogP contribution in [-0.4, -0.2) is 31.9 Å². The molecule has 0 bridgehead atoms. The van der Waals surface area contributed by atoms with Crippen LogP contribution in [0.1, 0.15) is 27.9 Å². The molecule has 0 unspecified atom stereocenters. The Labute approximate surface area is 151 Å². The Morgan fingerprint density at radius 1 is 1.32 bits per heavy atom. The van der Waals surface area contributed by atoms with Crippen molar-refractivity contribution >= 4 is 27.3 Å². The van der Waals surface area contributed by atoms with Crippen molar-refractivity contribution in [1.82, 2.24) is 15.0 Å². The maximum absolute atomic E-state index is 12.5. The van der Waals surface area contributed by atoms with Gasteiger partial charge in [0.1, 0.15) is 0 Å². The molecule has 1 aliphatic carbocycles. The lowest BCUT2D eigenvalue weighted by Gasteiger charge is -2.09. The second kappa shape index (κ2) is 7.23. The highest BCUT2D eigenvalue weighted by Crippen LogP contribution is 2.25. The van der Waals surface area contributed by atoms with Crippen molar-refractivity contribution in [2.24, 2.45) is 0 Å². The average Bonchev–Trinajstić information content (AvgIpc) is 3.11. The largest absolute Gasteiger partial charge is 0.353 e. The number of benzene rings is 1. The summed E-state index contributed by atoms with van der Waals surface area (Å²) in [6, 6.07) is 5.24. The van der Waals surface area contributed by atoms with E-state index in [2.05, 4.69) is 15.0 Å². The van der Waals surface area contributed by atoms with Gasteiger partial charge in [0.15, 0.2) is 0 Å². The minimum Gasteiger partial charge on any atom is -0.353 e. The summed E-state index contributed by atoms with van der Waals surface area (Å²) in [5, 5.41) is 3.81. The van der Waals surface area contributed by atoms with Crippen LogP contribution < -0.4 is 10.0 Å². The van der Waals surface area contributed by atoms with Gasteiger partial charge in [-0.3, -0.25) is 4.79 Å². The normalized spacial score (nSPS) is 16.6. The molecule has 1 aromatic heterocycles. The maximum atomic E-state index is 12.5. The second-order valence-electron chi connectivity index (χ2n) is 6.25. The Kier molecular flexibility index (Phi) is 5.21. The standard InChI is InChI=1S/C17H21N3O3S2/c1-11-10-18-17(24-11)5-6-19-25(22,23)16-4-3-13-7-15(20-12(2)21)8-14(13)9-16/h3-4,9-10,15,19H,5-8H2,1-2H3,(H,20,21)/t15-/m1/s1. The van der Waals surface area contributed by atoms with Crippen molar-refractivity contribution in [3.63, 3.8) is 0 Å². The third-order valence-electron chi connectivity index (χ3n) is 4.13. The van der Waals surface area contributed by atoms with Crippen LogP contribution in [0.2, 0.25) is 0 Å². The quantitative estimate of drug-likeness (QED) is 0.798. The number of nitrogens with one attached hydrogen (secondary N) is 2. The lowest BCUT2D eigenvalue weighted by molar-refractivity contribution is -0.119. The third kappa shape index (κ3) is 4.45. The molecular weight excluding hydrogens is 358 g/mol. The minimum atomic E-state index is -3.55. The number of fused-ring (bicyclic) bond motifs is 1. The van der Waals surface area contributed by atoms with Crippen molar-refractivity contribution in [3.8, 4) is 0 Å². The van der Waals surface area contributed by atoms with Crippen molar-refractivity contribution in [2.45, 2.75) is 44.0 Å². The first-order valence-corrected chi connectivity index (χ1v) is 10.4. The first-order chi connectivity index (χ1) is 11.8. The lowest BCUT2D eigenvalue weighted by Crippen LogP contribution is -2.33. The fraction of sp³-hybridized carbons (Fsp3) is 0.412. The van der Waals surface area contributed by atoms with Gasteiger partial charge >= 0.3 is 0 Å². The van der Waals surface area contributed by atoms with Crippen molar-refractivity contribution in [2.75, 3.05) is 6.54 Å². The molecule has 2 aromatic rings. The molecule has 8 heteroatoms. The summed E-state index contributed by atoms with van der Waals surface area (Å²) in [5.41, 5.74) is 2.08. The van der Waals surface area contributed by atoms with E-state index in [-0.39, 0.29) is 16.8 Å². The van der Waals surface area contributed by atoms with Gasteiger partial charge in [0.25, 0.3) is 0 Å². The van der Waals surface area contributed by atoms with Crippen LogP contribution in [0, 0.1) is 6.92 Å². The predicted molar refractivity (Wildman–Crippen MR) is 97.2 cm³/mol. The first kappa shape index (κ1) is 18.0. The highest BCUT2D eigenvalue weighted by Gasteiger charge is 2.24. The summed E-state index contributed by atoms with van der Waals surface area (Å²) >= 11 is 1.58. The van der Waals surface area contributed by atoms with E-state index in [1.807, 2.05) is 13.0 Å². The Bertz CT molecular complexity index is 890. The van der Waals surface area contributed by atoms with E-state index in [9.17, 15) is 13.2 Å². The molecule has 3 rings (SSSR count). The van der Waals surface area contributed by atoms with E-state index >= 15 is 0 Å². The van der Waals surface area contributed by atoms with E-state index in [4.69, 9.17) is 0 Å². The van der Waals surface area contributed by atoms with Gasteiger partial charge in [-0.1, -0.05) is 6.07 Å². The molecule has 134 valence electrons. The van der Waals surface area contributed by atoms with Gasteiger partial charge < -0.3 is 5.32 Å². The van der Waals surface area contributed by atoms with Crippen molar-refractivity contribution in [1.29, 1.82) is 0 Å². The number of aryl methyl sites for hydroxylation is 1. The first-order valence-electron chi connectivity index (χ1n) is 8.13. The van der Waals surface area contributed by atoms with Crippen LogP contribution in [0.15, 0.2) is 29.3 Å². The molecule has 0 saturated carbocycles. The molecule has 6 nitrogen and oxygen atoms in total. The van der Waals surface area contributed by atoms with Crippen LogP contribution in [0.3, 0.4) is 0 Å². The summed E-state index contributed by atoms with van der Waals surface area (Å²) in [5.74, 6) is -0.0651. The van der Waals surface area contributed by atoms with Gasteiger partial charge in [-0.15, -0.1) is 11.3 Å². The molecule has 0 fully saturated rings. The number of sulfonamides is 1. The van der Waals surface area contributed by atoms with Gasteiger partial charge in [-0.25, -0.2) is 18.1 Å². The number of nitrogens with zero attached hydrogens (tertiary/aromatic N) is 1. The fourth-order valence-electron chi connectivity index (χ4n) is 3.04. The monoisotopic (exact) mass is 379 g/mol. The Morgan fingerprint density at radius 2 is 2.08 bits per heavy atom. The molecule has 1 aliphatic rings. The molecule has 25 heavy (non-hydrogen) atoms. The smallest absolute Gasteiger partial charge is 0.240 e. The number of hydrogen-bond acceptors (Lipinski definition) is 5. The van der Waals surface area contributed by atoms with Gasteiger partial charge in [0.05, 0.1) is 9.90 Å². The Hall–Kier alpha value is -1.77. The van der Waals surface area contributed by atoms with Crippen molar-refractivity contribution < 1.29 is 13.2 Å². The number of aromatic nitrogens is 1. The van der Waals surface area contributed by atoms with Gasteiger partial charge in [-0.05, 0) is 43.0 Å². The number of carbonyl (C=O) groups is 1. The second-order valence-corrected chi connectivity index (χ2v) is 9.33. The summed E-state index contributed by atoms with van der Waals surface area (Å²) in [6.45, 7) is 3.79. The Balaban J connectivity index is 1.64. The van der Waals surface area contributed by atoms with E-state index in [0.717, 1.165) is 27.4 Å². The lowest BCUT2D eigenvalue weighted by atomic mass is 10.1. The molecule has 0 radical (unpaired) electrons. The predicted octanol–water partition coefficient (Wildman–Crippen LogP) is 1.58. The molecule has 0 spiro atoms. The van der Waals surface area contributed by atoms with E-state index in [1.165, 1.54) is 6.92 Å². The van der Waals surface area contributed by atoms with Crippen LogP contribution in [0.5, 0.6) is 0 Å². The van der Waals surface area contributed by atoms with Crippen LogP contribution in [0.25, 0.3) is 0 Å². The van der Waals surface area contributed by atoms with E-state index in [0.29, 0.717) is 19.4 Å². The highest BCUT2D eigenvalue weighted by molar-refractivity contribution is 7.89. The SMILES string of the molecule is CC(=O)N[C@@H]1Cc2ccc(S(=O)(=O)NCCc3ncc(C)s3)cc2C1. The molecule has 0 saturated heterocycles. The molecule has 0 aliphatic heterocycles. The van der Waals surface area contributed by atoms with Crippen LogP contribution in [-0.2, 0) is 34.1 Å². The number of rotatable bonds is 6. The molecular formula is C17H21N3O3S2. The summed E-state index contributed by atoms with van der Waals surface area (Å²) in [4.78, 5) is 16.8. The van der Waals surface area contributed by atoms with Gasteiger partial charge in [-0.2, -0.15) is 0 Å². The number of amides is 1. The zero-order chi connectivity index (χ0) is 18.0. The van der Waals surface area contributed by atoms with Crippen LogP contribution >= 0.6 is 11.3 Å². The summed E-state index contributed by atoms with van der Waals surface area (Å²) < 4.78 is 27.6. The number of thiazole rings is 1. The molecule has 2 N–H and O–H groups in total. The molecule has 1 aromatic carbocycles. The minimum absolute atomic E-state index is 0.0477. The number of carbonyl (C=O) groups excluding carboxylic acids is 1. The zero-order valence-electron chi connectivity index (χ0n) is 14.2. The molecule has 1 atom stereocenters. The topological polar surface area (TPSA) is 88.2 Å². The number of hydrogen-bond donors (Lipinski definition) is 2. The van der Waals surface area contributed by atoms with Gasteiger partial charge in [0.2, 0.25) is 15.9 Å².